The minimum Gasteiger partial charge on any atom is -0.328 e. The van der Waals surface area contributed by atoms with E-state index in [4.69, 9.17) is 5.73 Å². The topological polar surface area (TPSA) is 75.4 Å². The van der Waals surface area contributed by atoms with Gasteiger partial charge in [0.05, 0.1) is 12.5 Å². The molecule has 2 aliphatic rings. The molecule has 0 bridgehead atoms. The Balaban J connectivity index is 1.90. The normalized spacial score (nSPS) is 35.9. The van der Waals surface area contributed by atoms with Crippen molar-refractivity contribution in [1.29, 1.82) is 0 Å². The van der Waals surface area contributed by atoms with E-state index in [2.05, 4.69) is 5.32 Å². The van der Waals surface area contributed by atoms with Gasteiger partial charge in [0.25, 0.3) is 0 Å². The summed E-state index contributed by atoms with van der Waals surface area (Å²) in [4.78, 5) is 24.2. The van der Waals surface area contributed by atoms with Gasteiger partial charge in [0.15, 0.2) is 0 Å². The van der Waals surface area contributed by atoms with Gasteiger partial charge >= 0.3 is 0 Å². The molecule has 1 saturated carbocycles. The van der Waals surface area contributed by atoms with Gasteiger partial charge in [0.1, 0.15) is 0 Å². The first-order chi connectivity index (χ1) is 7.58. The van der Waals surface area contributed by atoms with Gasteiger partial charge in [-0.15, -0.1) is 0 Å². The number of hydrogen-bond acceptors (Lipinski definition) is 4. The zero-order valence-electron chi connectivity index (χ0n) is 9.61. The lowest BCUT2D eigenvalue weighted by Gasteiger charge is -2.29. The molecule has 1 saturated heterocycles. The summed E-state index contributed by atoms with van der Waals surface area (Å²) in [6.45, 7) is 0. The van der Waals surface area contributed by atoms with Gasteiger partial charge in [-0.2, -0.15) is 0 Å². The highest BCUT2D eigenvalue weighted by atomic mass is 16.2. The molecule has 1 heterocycles. The number of amides is 2. The van der Waals surface area contributed by atoms with Crippen molar-refractivity contribution in [1.82, 2.24) is 10.2 Å². The molecule has 1 aliphatic carbocycles. The number of likely N-dealkylation sites (tertiary alicyclic amines) is 1. The van der Waals surface area contributed by atoms with Gasteiger partial charge in [0, 0.05) is 19.1 Å². The van der Waals surface area contributed by atoms with Crippen LogP contribution in [0.3, 0.4) is 0 Å². The monoisotopic (exact) mass is 225 g/mol. The van der Waals surface area contributed by atoms with E-state index >= 15 is 0 Å². The maximum absolute atomic E-state index is 11.7. The van der Waals surface area contributed by atoms with Crippen molar-refractivity contribution >= 4 is 11.8 Å². The van der Waals surface area contributed by atoms with Crippen LogP contribution < -0.4 is 11.1 Å². The smallest absolute Gasteiger partial charge is 0.246 e. The van der Waals surface area contributed by atoms with Crippen LogP contribution in [0.15, 0.2) is 0 Å². The molecular weight excluding hydrogens is 206 g/mol. The third-order valence-electron chi connectivity index (χ3n) is 3.53. The second-order valence-corrected chi connectivity index (χ2v) is 4.84. The molecule has 16 heavy (non-hydrogen) atoms. The zero-order chi connectivity index (χ0) is 11.7. The Morgan fingerprint density at radius 3 is 2.69 bits per heavy atom. The number of nitrogens with one attached hydrogen (secondary N) is 1. The van der Waals surface area contributed by atoms with Gasteiger partial charge in [0.2, 0.25) is 11.8 Å². The molecule has 3 N–H and O–H groups in total. The first-order valence-electron chi connectivity index (χ1n) is 5.90. The van der Waals surface area contributed by atoms with E-state index in [0.717, 1.165) is 25.7 Å². The summed E-state index contributed by atoms with van der Waals surface area (Å²) >= 11 is 0. The van der Waals surface area contributed by atoms with Crippen molar-refractivity contribution in [3.8, 4) is 0 Å². The standard InChI is InChI=1S/C11H19N3O2/c1-14-10(15)6-9(11(14)16)13-8-4-2-3-7(12)5-8/h7-9,13H,2-6,12H2,1H3. The lowest BCUT2D eigenvalue weighted by Crippen LogP contribution is -2.47. The van der Waals surface area contributed by atoms with Crippen molar-refractivity contribution in [2.45, 2.75) is 50.2 Å². The average Bonchev–Trinajstić information content (AvgIpc) is 2.47. The van der Waals surface area contributed by atoms with Crippen LogP contribution in [0.1, 0.15) is 32.1 Å². The molecule has 3 unspecified atom stereocenters. The molecule has 2 rings (SSSR count). The van der Waals surface area contributed by atoms with Crippen LogP contribution in [0, 0.1) is 0 Å². The molecular formula is C11H19N3O2. The Bertz CT molecular complexity index is 306. The van der Waals surface area contributed by atoms with Crippen LogP contribution in [-0.4, -0.2) is 41.9 Å². The van der Waals surface area contributed by atoms with Crippen LogP contribution in [-0.2, 0) is 9.59 Å². The van der Waals surface area contributed by atoms with Crippen LogP contribution in [0.4, 0.5) is 0 Å². The first-order valence-corrected chi connectivity index (χ1v) is 5.90. The third kappa shape index (κ3) is 2.25. The summed E-state index contributed by atoms with van der Waals surface area (Å²) in [5, 5.41) is 3.27. The summed E-state index contributed by atoms with van der Waals surface area (Å²) in [5.74, 6) is -0.202. The van der Waals surface area contributed by atoms with Gasteiger partial charge in [-0.25, -0.2) is 0 Å². The Labute approximate surface area is 95.3 Å². The fourth-order valence-electron chi connectivity index (χ4n) is 2.55. The van der Waals surface area contributed by atoms with Crippen molar-refractivity contribution in [3.63, 3.8) is 0 Å². The Hall–Kier alpha value is -0.940. The molecule has 3 atom stereocenters. The molecule has 0 radical (unpaired) electrons. The second-order valence-electron chi connectivity index (χ2n) is 4.84. The molecule has 5 nitrogen and oxygen atoms in total. The van der Waals surface area contributed by atoms with E-state index in [1.165, 1.54) is 4.90 Å². The van der Waals surface area contributed by atoms with Gasteiger partial charge in [-0.3, -0.25) is 14.5 Å². The fourth-order valence-corrected chi connectivity index (χ4v) is 2.55. The summed E-state index contributed by atoms with van der Waals surface area (Å²) in [5.41, 5.74) is 5.89. The van der Waals surface area contributed by atoms with Crippen molar-refractivity contribution < 1.29 is 9.59 Å². The summed E-state index contributed by atoms with van der Waals surface area (Å²) in [6, 6.07) is 0.195. The molecule has 5 heteroatoms. The van der Waals surface area contributed by atoms with E-state index in [-0.39, 0.29) is 29.9 Å². The summed E-state index contributed by atoms with van der Waals surface area (Å²) < 4.78 is 0. The average molecular weight is 225 g/mol. The molecule has 0 aromatic rings. The number of likely N-dealkylation sites (N-methyl/N-ethyl adjacent to an activating group) is 1. The Morgan fingerprint density at radius 1 is 1.38 bits per heavy atom. The van der Waals surface area contributed by atoms with Gasteiger partial charge in [-0.05, 0) is 19.3 Å². The number of nitrogens with zero attached hydrogens (tertiary/aromatic N) is 1. The SMILES string of the molecule is CN1C(=O)CC(NC2CCCC(N)C2)C1=O. The molecule has 90 valence electrons. The van der Waals surface area contributed by atoms with Crippen molar-refractivity contribution in [2.24, 2.45) is 5.73 Å². The highest BCUT2D eigenvalue weighted by Gasteiger charge is 2.37. The number of carbonyl (C=O) groups is 2. The highest BCUT2D eigenvalue weighted by Crippen LogP contribution is 2.19. The van der Waals surface area contributed by atoms with Crippen molar-refractivity contribution in [2.75, 3.05) is 7.05 Å². The quantitative estimate of drug-likeness (QED) is 0.627. The summed E-state index contributed by atoms with van der Waals surface area (Å²) in [7, 11) is 1.54. The Kier molecular flexibility index (Phi) is 3.25. The predicted octanol–water partition coefficient (Wildman–Crippen LogP) is -0.397. The van der Waals surface area contributed by atoms with E-state index in [1.807, 2.05) is 0 Å². The predicted molar refractivity (Wildman–Crippen MR) is 59.5 cm³/mol. The third-order valence-corrected chi connectivity index (χ3v) is 3.53. The highest BCUT2D eigenvalue weighted by molar-refractivity contribution is 6.05. The minimum atomic E-state index is -0.326. The van der Waals surface area contributed by atoms with E-state index in [9.17, 15) is 9.59 Å². The fraction of sp³-hybridized carbons (Fsp3) is 0.818. The zero-order valence-corrected chi connectivity index (χ0v) is 9.61. The van der Waals surface area contributed by atoms with Crippen LogP contribution in [0.25, 0.3) is 0 Å². The van der Waals surface area contributed by atoms with Gasteiger partial charge in [-0.1, -0.05) is 6.42 Å². The minimum absolute atomic E-state index is 0.0948. The largest absolute Gasteiger partial charge is 0.328 e. The number of rotatable bonds is 2. The number of nitrogens with two attached hydrogens (primary N) is 1. The van der Waals surface area contributed by atoms with Crippen LogP contribution in [0.2, 0.25) is 0 Å². The molecule has 0 spiro atoms. The van der Waals surface area contributed by atoms with Gasteiger partial charge < -0.3 is 11.1 Å². The van der Waals surface area contributed by atoms with Crippen molar-refractivity contribution in [3.05, 3.63) is 0 Å². The molecule has 0 aromatic heterocycles. The lowest BCUT2D eigenvalue weighted by atomic mass is 9.91. The molecule has 2 fully saturated rings. The van der Waals surface area contributed by atoms with Crippen LogP contribution in [0.5, 0.6) is 0 Å². The van der Waals surface area contributed by atoms with E-state index in [0.29, 0.717) is 6.42 Å². The second kappa shape index (κ2) is 4.51. The van der Waals surface area contributed by atoms with Crippen LogP contribution >= 0.6 is 0 Å². The Morgan fingerprint density at radius 2 is 2.12 bits per heavy atom. The number of hydrogen-bond donors (Lipinski definition) is 2. The number of carbonyl (C=O) groups excluding carboxylic acids is 2. The molecule has 1 aliphatic heterocycles. The van der Waals surface area contributed by atoms with E-state index < -0.39 is 0 Å². The maximum atomic E-state index is 11.7. The maximum Gasteiger partial charge on any atom is 0.246 e. The first kappa shape index (κ1) is 11.5. The molecule has 0 aromatic carbocycles. The molecule has 2 amide bonds. The summed E-state index contributed by atoms with van der Waals surface area (Å²) in [6.07, 6.45) is 4.41. The lowest BCUT2D eigenvalue weighted by molar-refractivity contribution is -0.137. The van der Waals surface area contributed by atoms with E-state index in [1.54, 1.807) is 7.05 Å². The number of imide groups is 1.